The third-order valence-corrected chi connectivity index (χ3v) is 12.2. The van der Waals surface area contributed by atoms with Crippen molar-refractivity contribution in [2.24, 2.45) is 0 Å². The van der Waals surface area contributed by atoms with Gasteiger partial charge in [-0.15, -0.1) is 0 Å². The minimum Gasteiger partial charge on any atom is -0.458 e. The highest BCUT2D eigenvalue weighted by molar-refractivity contribution is 7.78. The van der Waals surface area contributed by atoms with E-state index in [2.05, 4.69) is 18.3 Å². The zero-order chi connectivity index (χ0) is 25.3. The molecule has 0 aliphatic carbocycles. The third-order valence-electron chi connectivity index (χ3n) is 7.08. The molecule has 1 heterocycles. The smallest absolute Gasteiger partial charge is 0.344 e. The van der Waals surface area contributed by atoms with Crippen LogP contribution in [-0.2, 0) is 20.9 Å². The molecule has 1 aliphatic heterocycles. The molecule has 1 aliphatic rings. The fourth-order valence-electron chi connectivity index (χ4n) is 5.30. The SMILES string of the molecule is CCCC(C(=O)Nc1c(C)cc(C#N)cc1C)[P+]1(CC(=O)OCc2ccccc2)CCCCCC1. The minimum atomic E-state index is -1.92. The summed E-state index contributed by atoms with van der Waals surface area (Å²) >= 11 is 0. The topological polar surface area (TPSA) is 79.2 Å². The van der Waals surface area contributed by atoms with Crippen LogP contribution in [0.1, 0.15) is 67.7 Å². The van der Waals surface area contributed by atoms with Gasteiger partial charge in [-0.25, -0.2) is 4.79 Å². The predicted molar refractivity (Wildman–Crippen MR) is 144 cm³/mol. The lowest BCUT2D eigenvalue weighted by Crippen LogP contribution is -2.36. The van der Waals surface area contributed by atoms with Gasteiger partial charge in [0.25, 0.3) is 5.91 Å². The summed E-state index contributed by atoms with van der Waals surface area (Å²) in [5.74, 6) is -0.155. The average molecular weight is 494 g/mol. The molecular weight excluding hydrogens is 455 g/mol. The Labute approximate surface area is 210 Å². The van der Waals surface area contributed by atoms with Crippen LogP contribution in [0.15, 0.2) is 42.5 Å². The molecular formula is C29H38N2O3P+. The third kappa shape index (κ3) is 7.15. The first-order chi connectivity index (χ1) is 16.9. The van der Waals surface area contributed by atoms with Crippen LogP contribution in [0.4, 0.5) is 5.69 Å². The molecule has 1 atom stereocenters. The maximum atomic E-state index is 13.8. The first-order valence-electron chi connectivity index (χ1n) is 12.8. The van der Waals surface area contributed by atoms with Crippen molar-refractivity contribution in [1.29, 1.82) is 5.26 Å². The Bertz CT molecular complexity index is 1030. The largest absolute Gasteiger partial charge is 0.458 e. The Balaban J connectivity index is 1.84. The van der Waals surface area contributed by atoms with Crippen LogP contribution in [-0.4, -0.2) is 36.0 Å². The summed E-state index contributed by atoms with van der Waals surface area (Å²) in [6.07, 6.45) is 8.45. The zero-order valence-electron chi connectivity index (χ0n) is 21.3. The maximum Gasteiger partial charge on any atom is 0.344 e. The van der Waals surface area contributed by atoms with Crippen molar-refractivity contribution in [2.45, 2.75) is 71.6 Å². The van der Waals surface area contributed by atoms with Crippen molar-refractivity contribution >= 4 is 24.8 Å². The number of esters is 1. The van der Waals surface area contributed by atoms with Gasteiger partial charge in [-0.1, -0.05) is 43.7 Å². The molecule has 1 amide bonds. The van der Waals surface area contributed by atoms with Crippen molar-refractivity contribution in [2.75, 3.05) is 23.8 Å². The quantitative estimate of drug-likeness (QED) is 0.315. The number of nitrogens with zero attached hydrogens (tertiary/aromatic N) is 1. The Morgan fingerprint density at radius 3 is 2.26 bits per heavy atom. The van der Waals surface area contributed by atoms with E-state index in [1.54, 1.807) is 0 Å². The molecule has 2 aromatic carbocycles. The number of anilines is 1. The number of nitriles is 1. The molecule has 186 valence electrons. The van der Waals surface area contributed by atoms with Crippen LogP contribution in [0.5, 0.6) is 0 Å². The van der Waals surface area contributed by atoms with E-state index >= 15 is 0 Å². The van der Waals surface area contributed by atoms with E-state index in [9.17, 15) is 14.9 Å². The molecule has 0 spiro atoms. The van der Waals surface area contributed by atoms with Crippen LogP contribution >= 0.6 is 7.26 Å². The maximum absolute atomic E-state index is 13.8. The number of rotatable bonds is 9. The molecule has 0 saturated carbocycles. The van der Waals surface area contributed by atoms with E-state index in [4.69, 9.17) is 4.74 Å². The van der Waals surface area contributed by atoms with Crippen molar-refractivity contribution in [3.63, 3.8) is 0 Å². The van der Waals surface area contributed by atoms with Gasteiger partial charge < -0.3 is 10.1 Å². The molecule has 0 radical (unpaired) electrons. The first kappa shape index (κ1) is 26.9. The lowest BCUT2D eigenvalue weighted by atomic mass is 10.0. The second-order valence-corrected chi connectivity index (χ2v) is 14.0. The van der Waals surface area contributed by atoms with Crippen molar-refractivity contribution in [3.8, 4) is 6.07 Å². The van der Waals surface area contributed by atoms with E-state index in [1.807, 2.05) is 56.3 Å². The fraction of sp³-hybridized carbons (Fsp3) is 0.483. The molecule has 35 heavy (non-hydrogen) atoms. The van der Waals surface area contributed by atoms with Gasteiger partial charge in [-0.2, -0.15) is 5.26 Å². The molecule has 0 aromatic heterocycles. The van der Waals surface area contributed by atoms with Crippen LogP contribution < -0.4 is 5.32 Å². The number of benzene rings is 2. The van der Waals surface area contributed by atoms with Gasteiger partial charge in [0.05, 0.1) is 24.0 Å². The Hall–Kier alpha value is -2.70. The summed E-state index contributed by atoms with van der Waals surface area (Å²) < 4.78 is 5.71. The first-order valence-corrected chi connectivity index (χ1v) is 15.2. The highest BCUT2D eigenvalue weighted by atomic mass is 31.2. The van der Waals surface area contributed by atoms with E-state index < -0.39 is 7.26 Å². The Morgan fingerprint density at radius 2 is 1.69 bits per heavy atom. The highest BCUT2D eigenvalue weighted by Crippen LogP contribution is 2.66. The van der Waals surface area contributed by atoms with Gasteiger partial charge in [-0.3, -0.25) is 4.79 Å². The number of carbonyl (C=O) groups excluding carboxylic acids is 2. The van der Waals surface area contributed by atoms with Crippen molar-refractivity contribution in [1.82, 2.24) is 0 Å². The number of hydrogen-bond acceptors (Lipinski definition) is 4. The normalized spacial score (nSPS) is 15.9. The lowest BCUT2D eigenvalue weighted by Gasteiger charge is -2.33. The van der Waals surface area contributed by atoms with Gasteiger partial charge >= 0.3 is 5.97 Å². The molecule has 1 fully saturated rings. The predicted octanol–water partition coefficient (Wildman–Crippen LogP) is 6.62. The summed E-state index contributed by atoms with van der Waals surface area (Å²) in [6, 6.07) is 15.6. The molecule has 1 saturated heterocycles. The Kier molecular flexibility index (Phi) is 9.87. The van der Waals surface area contributed by atoms with Crippen LogP contribution in [0, 0.1) is 25.2 Å². The summed E-state index contributed by atoms with van der Waals surface area (Å²) in [6.45, 7) is 6.24. The number of nitrogens with one attached hydrogen (secondary N) is 1. The van der Waals surface area contributed by atoms with E-state index in [0.717, 1.165) is 73.2 Å². The fourth-order valence-corrected chi connectivity index (χ4v) is 10.4. The van der Waals surface area contributed by atoms with Crippen LogP contribution in [0.25, 0.3) is 0 Å². The second kappa shape index (κ2) is 12.8. The van der Waals surface area contributed by atoms with E-state index in [-0.39, 0.29) is 24.1 Å². The number of hydrogen-bond donors (Lipinski definition) is 1. The van der Waals surface area contributed by atoms with Gasteiger partial charge in [0.1, 0.15) is 12.3 Å². The van der Waals surface area contributed by atoms with Gasteiger partial charge in [0.2, 0.25) is 0 Å². The van der Waals surface area contributed by atoms with Gasteiger partial charge in [-0.05, 0) is 74.8 Å². The number of amides is 1. The molecule has 0 bridgehead atoms. The van der Waals surface area contributed by atoms with E-state index in [1.165, 1.54) is 0 Å². The van der Waals surface area contributed by atoms with Crippen LogP contribution in [0.3, 0.4) is 0 Å². The minimum absolute atomic E-state index is 0.0221. The standard InChI is InChI=1S/C29H37N2O3P/c1-4-12-26(29(33)31-28-22(2)17-25(19-30)18-23(28)3)35(15-10-5-6-11-16-35)21-27(32)34-20-24-13-8-7-9-14-24/h7-9,13-14,17-18,26H,4-6,10-12,15-16,20-21H2,1-3H3/p+1. The van der Waals surface area contributed by atoms with E-state index in [0.29, 0.717) is 11.7 Å². The molecule has 1 unspecified atom stereocenters. The van der Waals surface area contributed by atoms with Gasteiger partial charge in [0, 0.05) is 12.9 Å². The summed E-state index contributed by atoms with van der Waals surface area (Å²) in [7, 11) is -1.92. The molecule has 5 nitrogen and oxygen atoms in total. The molecule has 2 aromatic rings. The second-order valence-electron chi connectivity index (χ2n) is 9.77. The lowest BCUT2D eigenvalue weighted by molar-refractivity contribution is -0.141. The van der Waals surface area contributed by atoms with Crippen LogP contribution in [0.2, 0.25) is 0 Å². The summed E-state index contributed by atoms with van der Waals surface area (Å²) in [4.78, 5) is 27.0. The zero-order valence-corrected chi connectivity index (χ0v) is 22.2. The number of aryl methyl sites for hydroxylation is 2. The van der Waals surface area contributed by atoms with Crippen molar-refractivity contribution in [3.05, 3.63) is 64.7 Å². The highest BCUT2D eigenvalue weighted by Gasteiger charge is 2.51. The number of ether oxygens (including phenoxy) is 1. The van der Waals surface area contributed by atoms with Crippen molar-refractivity contribution < 1.29 is 14.3 Å². The summed E-state index contributed by atoms with van der Waals surface area (Å²) in [5.41, 5.74) is 3.97. The Morgan fingerprint density at radius 1 is 1.06 bits per heavy atom. The summed E-state index contributed by atoms with van der Waals surface area (Å²) in [5, 5.41) is 12.5. The monoisotopic (exact) mass is 493 g/mol. The van der Waals surface area contributed by atoms with Gasteiger partial charge in [0.15, 0.2) is 6.16 Å². The molecule has 6 heteroatoms. The molecule has 1 N–H and O–H groups in total. The number of carbonyl (C=O) groups is 2. The average Bonchev–Trinajstić information content (AvgIpc) is 3.09. The molecule has 3 rings (SSSR count).